The average Bonchev–Trinajstić information content (AvgIpc) is 2.84. The monoisotopic (exact) mass is 369 g/mol. The van der Waals surface area contributed by atoms with Crippen molar-refractivity contribution in [2.24, 2.45) is 0 Å². The molecule has 1 aromatic rings. The maximum atomic E-state index is 12.4. The van der Waals surface area contributed by atoms with Crippen LogP contribution in [0.2, 0.25) is 5.15 Å². The number of hydrogen-bond acceptors (Lipinski definition) is 4. The summed E-state index contributed by atoms with van der Waals surface area (Å²) in [7, 11) is 0. The molecule has 0 spiro atoms. The Hall–Kier alpha value is -1.86. The number of hydrogen-bond donors (Lipinski definition) is 1. The Balaban J connectivity index is 2.02. The fraction of sp³-hybridized carbons (Fsp3) is 0.588. The third kappa shape index (κ3) is 5.31. The fourth-order valence-corrected chi connectivity index (χ4v) is 3.03. The van der Waals surface area contributed by atoms with E-state index < -0.39 is 12.1 Å². The number of aromatic nitrogens is 2. The van der Waals surface area contributed by atoms with E-state index in [9.17, 15) is 9.59 Å². The van der Waals surface area contributed by atoms with E-state index in [0.717, 1.165) is 30.6 Å². The lowest BCUT2D eigenvalue weighted by Crippen LogP contribution is -2.45. The summed E-state index contributed by atoms with van der Waals surface area (Å²) >= 11 is 6.35. The van der Waals surface area contributed by atoms with Gasteiger partial charge in [0.2, 0.25) is 5.91 Å². The van der Waals surface area contributed by atoms with E-state index in [1.807, 2.05) is 6.92 Å². The number of halogens is 1. The second kappa shape index (κ2) is 9.01. The third-order valence-corrected chi connectivity index (χ3v) is 4.48. The number of aliphatic carboxylic acids is 1. The van der Waals surface area contributed by atoms with Crippen LogP contribution in [-0.2, 0) is 20.9 Å². The Bertz CT molecular complexity index is 657. The first-order chi connectivity index (χ1) is 11.9. The van der Waals surface area contributed by atoms with Gasteiger partial charge in [0.05, 0.1) is 24.8 Å². The smallest absolute Gasteiger partial charge is 0.306 e. The van der Waals surface area contributed by atoms with Crippen molar-refractivity contribution in [3.8, 4) is 0 Å². The number of carbonyl (C=O) groups is 2. The average molecular weight is 370 g/mol. The van der Waals surface area contributed by atoms with Crippen molar-refractivity contribution in [1.82, 2.24) is 14.7 Å². The molecule has 1 amide bonds. The van der Waals surface area contributed by atoms with E-state index in [2.05, 4.69) is 12.0 Å². The van der Waals surface area contributed by atoms with Gasteiger partial charge in [0.1, 0.15) is 5.15 Å². The van der Waals surface area contributed by atoms with Gasteiger partial charge in [0, 0.05) is 31.3 Å². The summed E-state index contributed by atoms with van der Waals surface area (Å²) < 4.78 is 7.13. The molecule has 1 atom stereocenters. The van der Waals surface area contributed by atoms with Gasteiger partial charge in [-0.25, -0.2) is 0 Å². The molecule has 7 nitrogen and oxygen atoms in total. The van der Waals surface area contributed by atoms with E-state index in [4.69, 9.17) is 21.4 Å². The number of unbranched alkanes of at least 4 members (excludes halogenated alkanes) is 1. The van der Waals surface area contributed by atoms with Gasteiger partial charge >= 0.3 is 5.97 Å². The van der Waals surface area contributed by atoms with Crippen molar-refractivity contribution >= 4 is 29.6 Å². The van der Waals surface area contributed by atoms with Crippen LogP contribution in [0.3, 0.4) is 0 Å². The lowest BCUT2D eigenvalue weighted by Gasteiger charge is -2.31. The zero-order chi connectivity index (χ0) is 18.4. The van der Waals surface area contributed by atoms with Crippen molar-refractivity contribution in [2.75, 3.05) is 19.7 Å². The van der Waals surface area contributed by atoms with Gasteiger partial charge in [0.15, 0.2) is 0 Å². The predicted octanol–water partition coefficient (Wildman–Crippen LogP) is 2.36. The third-order valence-electron chi connectivity index (χ3n) is 4.08. The van der Waals surface area contributed by atoms with Gasteiger partial charge in [-0.15, -0.1) is 0 Å². The molecule has 0 saturated carbocycles. The molecule has 25 heavy (non-hydrogen) atoms. The van der Waals surface area contributed by atoms with Crippen LogP contribution < -0.4 is 0 Å². The maximum Gasteiger partial charge on any atom is 0.306 e. The van der Waals surface area contributed by atoms with Gasteiger partial charge in [-0.2, -0.15) is 5.10 Å². The molecule has 1 fully saturated rings. The van der Waals surface area contributed by atoms with E-state index in [1.54, 1.807) is 15.7 Å². The first-order valence-electron chi connectivity index (χ1n) is 8.45. The van der Waals surface area contributed by atoms with Gasteiger partial charge in [-0.05, 0) is 19.4 Å². The van der Waals surface area contributed by atoms with Crippen molar-refractivity contribution in [3.63, 3.8) is 0 Å². The molecule has 2 heterocycles. The number of carbonyl (C=O) groups excluding carboxylic acids is 1. The highest BCUT2D eigenvalue weighted by molar-refractivity contribution is 6.31. The first-order valence-corrected chi connectivity index (χ1v) is 8.83. The van der Waals surface area contributed by atoms with Gasteiger partial charge in [-0.1, -0.05) is 24.9 Å². The minimum absolute atomic E-state index is 0.109. The van der Waals surface area contributed by atoms with Crippen molar-refractivity contribution in [3.05, 3.63) is 22.5 Å². The summed E-state index contributed by atoms with van der Waals surface area (Å²) in [5.41, 5.74) is 1.51. The van der Waals surface area contributed by atoms with Crippen LogP contribution in [-0.4, -0.2) is 57.5 Å². The summed E-state index contributed by atoms with van der Waals surface area (Å²) in [5, 5.41) is 13.8. The summed E-state index contributed by atoms with van der Waals surface area (Å²) in [6.07, 6.45) is 4.60. The molecule has 1 aliphatic rings. The highest BCUT2D eigenvalue weighted by Crippen LogP contribution is 2.22. The predicted molar refractivity (Wildman–Crippen MR) is 94.5 cm³/mol. The highest BCUT2D eigenvalue weighted by atomic mass is 35.5. The number of aryl methyl sites for hydroxylation is 2. The first kappa shape index (κ1) is 19.5. The second-order valence-corrected chi connectivity index (χ2v) is 6.43. The SMILES string of the molecule is CCCCn1nc(C)c(C=CC(=O)N2CCOC(CC(=O)O)C2)c1Cl. The number of amides is 1. The van der Waals surface area contributed by atoms with Crippen molar-refractivity contribution in [1.29, 1.82) is 0 Å². The van der Waals surface area contributed by atoms with Gasteiger partial charge in [-0.3, -0.25) is 14.3 Å². The summed E-state index contributed by atoms with van der Waals surface area (Å²) in [6.45, 7) is 5.77. The molecule has 0 bridgehead atoms. The Morgan fingerprint density at radius 3 is 2.92 bits per heavy atom. The zero-order valence-electron chi connectivity index (χ0n) is 14.6. The molecular formula is C17H24ClN3O4. The van der Waals surface area contributed by atoms with Crippen LogP contribution in [0.25, 0.3) is 6.08 Å². The normalized spacial score (nSPS) is 18.0. The molecule has 1 N–H and O–H groups in total. The van der Waals surface area contributed by atoms with Crippen molar-refractivity contribution in [2.45, 2.75) is 45.8 Å². The summed E-state index contributed by atoms with van der Waals surface area (Å²) in [6, 6.07) is 0. The molecule has 0 radical (unpaired) electrons. The van der Waals surface area contributed by atoms with Gasteiger partial charge in [0.25, 0.3) is 0 Å². The Morgan fingerprint density at radius 2 is 2.24 bits per heavy atom. The second-order valence-electron chi connectivity index (χ2n) is 6.07. The number of ether oxygens (including phenoxy) is 1. The number of morpholine rings is 1. The Morgan fingerprint density at radius 1 is 1.48 bits per heavy atom. The Labute approximate surface area is 152 Å². The molecule has 0 aromatic carbocycles. The highest BCUT2D eigenvalue weighted by Gasteiger charge is 2.25. The fourth-order valence-electron chi connectivity index (χ4n) is 2.71. The van der Waals surface area contributed by atoms with E-state index in [1.165, 1.54) is 6.08 Å². The number of nitrogens with zero attached hydrogens (tertiary/aromatic N) is 3. The van der Waals surface area contributed by atoms with Crippen LogP contribution in [0.5, 0.6) is 0 Å². The quantitative estimate of drug-likeness (QED) is 0.746. The van der Waals surface area contributed by atoms with E-state index in [0.29, 0.717) is 18.3 Å². The van der Waals surface area contributed by atoms with E-state index >= 15 is 0 Å². The lowest BCUT2D eigenvalue weighted by molar-refractivity contribution is -0.145. The largest absolute Gasteiger partial charge is 0.481 e. The lowest BCUT2D eigenvalue weighted by atomic mass is 10.2. The molecule has 1 unspecified atom stereocenters. The maximum absolute atomic E-state index is 12.4. The van der Waals surface area contributed by atoms with Crippen LogP contribution in [0.1, 0.15) is 37.4 Å². The standard InChI is InChI=1S/C17H24ClN3O4/c1-3-4-7-21-17(18)14(12(2)19-21)5-6-15(22)20-8-9-25-13(11-20)10-16(23)24/h5-6,13H,3-4,7-11H2,1-2H3,(H,23,24). The number of carboxylic acids is 1. The molecule has 1 saturated heterocycles. The van der Waals surface area contributed by atoms with Crippen molar-refractivity contribution < 1.29 is 19.4 Å². The van der Waals surface area contributed by atoms with E-state index in [-0.39, 0.29) is 18.9 Å². The minimum atomic E-state index is -0.934. The van der Waals surface area contributed by atoms with Crippen LogP contribution in [0, 0.1) is 6.92 Å². The molecule has 1 aliphatic heterocycles. The molecular weight excluding hydrogens is 346 g/mol. The number of carboxylic acid groups (broad SMARTS) is 1. The minimum Gasteiger partial charge on any atom is -0.481 e. The summed E-state index contributed by atoms with van der Waals surface area (Å²) in [5.74, 6) is -1.12. The van der Waals surface area contributed by atoms with Crippen LogP contribution in [0.15, 0.2) is 6.08 Å². The summed E-state index contributed by atoms with van der Waals surface area (Å²) in [4.78, 5) is 24.8. The van der Waals surface area contributed by atoms with Crippen LogP contribution in [0.4, 0.5) is 0 Å². The zero-order valence-corrected chi connectivity index (χ0v) is 15.3. The van der Waals surface area contributed by atoms with Crippen LogP contribution >= 0.6 is 11.6 Å². The number of rotatable bonds is 7. The molecule has 2 rings (SSSR count). The molecule has 0 aliphatic carbocycles. The topological polar surface area (TPSA) is 84.7 Å². The Kier molecular flexibility index (Phi) is 7.01. The van der Waals surface area contributed by atoms with Gasteiger partial charge < -0.3 is 14.7 Å². The molecule has 138 valence electrons. The molecule has 8 heteroatoms. The molecule has 1 aromatic heterocycles.